The van der Waals surface area contributed by atoms with Crippen molar-refractivity contribution in [3.05, 3.63) is 36.0 Å². The maximum atomic E-state index is 12.3. The number of hydrogen-bond acceptors (Lipinski definition) is 6. The largest absolute Gasteiger partial charge is 0.333 e. The first-order chi connectivity index (χ1) is 12.3. The minimum atomic E-state index is -0.491. The molecule has 1 aromatic carbocycles. The Morgan fingerprint density at radius 1 is 1.15 bits per heavy atom. The van der Waals surface area contributed by atoms with Crippen LogP contribution >= 0.6 is 11.3 Å². The molecule has 0 aliphatic rings. The third-order valence-corrected chi connectivity index (χ3v) is 4.73. The quantitative estimate of drug-likeness (QED) is 0.701. The molecule has 1 amide bonds. The van der Waals surface area contributed by atoms with E-state index >= 15 is 0 Å². The van der Waals surface area contributed by atoms with Crippen molar-refractivity contribution in [2.75, 3.05) is 5.32 Å². The minimum absolute atomic E-state index is 0.0800. The van der Waals surface area contributed by atoms with Gasteiger partial charge in [0.25, 0.3) is 5.89 Å². The van der Waals surface area contributed by atoms with E-state index in [1.165, 1.54) is 11.3 Å². The Bertz CT molecular complexity index is 907. The minimum Gasteiger partial charge on any atom is -0.333 e. The SMILES string of the molecule is CC(C)c1nc(NC(=O)C(C)(C)C)sc1-c1nc(-c2ccccc2)no1. The molecule has 0 fully saturated rings. The molecule has 0 unspecified atom stereocenters. The number of aromatic nitrogens is 3. The molecular formula is C19H22N4O2S. The number of rotatable bonds is 4. The summed E-state index contributed by atoms with van der Waals surface area (Å²) in [6.45, 7) is 9.68. The van der Waals surface area contributed by atoms with E-state index in [0.29, 0.717) is 16.8 Å². The number of amides is 1. The van der Waals surface area contributed by atoms with Crippen LogP contribution in [0.3, 0.4) is 0 Å². The third kappa shape index (κ3) is 3.83. The van der Waals surface area contributed by atoms with Gasteiger partial charge in [0.1, 0.15) is 4.88 Å². The van der Waals surface area contributed by atoms with Crippen LogP contribution in [0.25, 0.3) is 22.2 Å². The maximum Gasteiger partial charge on any atom is 0.270 e. The van der Waals surface area contributed by atoms with Gasteiger partial charge in [-0.2, -0.15) is 4.98 Å². The van der Waals surface area contributed by atoms with E-state index in [2.05, 4.69) is 20.4 Å². The van der Waals surface area contributed by atoms with Gasteiger partial charge in [-0.3, -0.25) is 4.79 Å². The summed E-state index contributed by atoms with van der Waals surface area (Å²) < 4.78 is 5.48. The van der Waals surface area contributed by atoms with Crippen LogP contribution in [0.5, 0.6) is 0 Å². The number of nitrogens with one attached hydrogen (secondary N) is 1. The smallest absolute Gasteiger partial charge is 0.270 e. The monoisotopic (exact) mass is 370 g/mol. The molecule has 3 aromatic rings. The van der Waals surface area contributed by atoms with Crippen molar-refractivity contribution in [2.45, 2.75) is 40.5 Å². The highest BCUT2D eigenvalue weighted by Gasteiger charge is 2.25. The first-order valence-electron chi connectivity index (χ1n) is 8.47. The van der Waals surface area contributed by atoms with Crippen molar-refractivity contribution in [3.8, 4) is 22.2 Å². The van der Waals surface area contributed by atoms with E-state index in [9.17, 15) is 4.79 Å². The average molecular weight is 370 g/mol. The van der Waals surface area contributed by atoms with Crippen LogP contribution in [0.2, 0.25) is 0 Å². The summed E-state index contributed by atoms with van der Waals surface area (Å²) in [5.41, 5.74) is 1.23. The molecule has 0 bridgehead atoms. The Labute approximate surface area is 156 Å². The highest BCUT2D eigenvalue weighted by molar-refractivity contribution is 7.19. The predicted octanol–water partition coefficient (Wildman–Crippen LogP) is 4.97. The van der Waals surface area contributed by atoms with Gasteiger partial charge in [-0.15, -0.1) is 0 Å². The number of carbonyl (C=O) groups is 1. The molecule has 3 rings (SSSR count). The van der Waals surface area contributed by atoms with Crippen LogP contribution in [0.15, 0.2) is 34.9 Å². The van der Waals surface area contributed by atoms with Crippen molar-refractivity contribution in [1.29, 1.82) is 0 Å². The van der Waals surface area contributed by atoms with Gasteiger partial charge in [-0.1, -0.05) is 81.4 Å². The Morgan fingerprint density at radius 3 is 2.46 bits per heavy atom. The molecule has 2 heterocycles. The number of thiazole rings is 1. The van der Waals surface area contributed by atoms with Crippen molar-refractivity contribution >= 4 is 22.4 Å². The third-order valence-electron chi connectivity index (χ3n) is 3.75. The molecule has 0 aliphatic carbocycles. The molecule has 7 heteroatoms. The van der Waals surface area contributed by atoms with E-state index < -0.39 is 5.41 Å². The predicted molar refractivity (Wildman–Crippen MR) is 103 cm³/mol. The summed E-state index contributed by atoms with van der Waals surface area (Å²) in [4.78, 5) is 22.1. The van der Waals surface area contributed by atoms with Gasteiger partial charge >= 0.3 is 0 Å². The first-order valence-corrected chi connectivity index (χ1v) is 9.29. The molecule has 0 atom stereocenters. The van der Waals surface area contributed by atoms with Crippen molar-refractivity contribution < 1.29 is 9.32 Å². The van der Waals surface area contributed by atoms with Gasteiger partial charge < -0.3 is 9.84 Å². The van der Waals surface area contributed by atoms with Gasteiger partial charge in [0.05, 0.1) is 5.69 Å². The molecule has 26 heavy (non-hydrogen) atoms. The lowest BCUT2D eigenvalue weighted by Gasteiger charge is -2.15. The molecule has 0 aliphatic heterocycles. The van der Waals surface area contributed by atoms with Gasteiger partial charge in [0.15, 0.2) is 5.13 Å². The number of hydrogen-bond donors (Lipinski definition) is 1. The number of carbonyl (C=O) groups excluding carboxylic acids is 1. The van der Waals surface area contributed by atoms with E-state index in [-0.39, 0.29) is 11.8 Å². The number of benzene rings is 1. The second-order valence-electron chi connectivity index (χ2n) is 7.38. The Kier molecular flexibility index (Phi) is 4.91. The average Bonchev–Trinajstić information content (AvgIpc) is 3.21. The van der Waals surface area contributed by atoms with Gasteiger partial charge in [0.2, 0.25) is 11.7 Å². The fourth-order valence-electron chi connectivity index (χ4n) is 2.23. The zero-order valence-corrected chi connectivity index (χ0v) is 16.3. The zero-order chi connectivity index (χ0) is 18.9. The summed E-state index contributed by atoms with van der Waals surface area (Å²) in [5.74, 6) is 1.03. The molecule has 6 nitrogen and oxygen atoms in total. The van der Waals surface area contributed by atoms with Crippen LogP contribution in [-0.4, -0.2) is 21.0 Å². The van der Waals surface area contributed by atoms with E-state index in [1.807, 2.05) is 65.0 Å². The standard InChI is InChI=1S/C19H22N4O2S/c1-11(2)13-14(26-18(20-13)22-17(24)19(3,4)5)16-21-15(23-25-16)12-9-7-6-8-10-12/h6-11H,1-5H3,(H,20,22,24). The van der Waals surface area contributed by atoms with Gasteiger partial charge in [-0.25, -0.2) is 4.98 Å². The van der Waals surface area contributed by atoms with Crippen molar-refractivity contribution in [3.63, 3.8) is 0 Å². The maximum absolute atomic E-state index is 12.3. The van der Waals surface area contributed by atoms with Crippen molar-refractivity contribution in [2.24, 2.45) is 5.41 Å². The van der Waals surface area contributed by atoms with E-state index in [1.54, 1.807) is 0 Å². The summed E-state index contributed by atoms with van der Waals surface area (Å²) in [6.07, 6.45) is 0. The fraction of sp³-hybridized carbons (Fsp3) is 0.368. The molecule has 0 spiro atoms. The fourth-order valence-corrected chi connectivity index (χ4v) is 3.27. The number of anilines is 1. The molecule has 0 saturated carbocycles. The second kappa shape index (κ2) is 6.99. The van der Waals surface area contributed by atoms with Crippen molar-refractivity contribution in [1.82, 2.24) is 15.1 Å². The Balaban J connectivity index is 1.95. The van der Waals surface area contributed by atoms with E-state index in [0.717, 1.165) is 16.1 Å². The molecule has 0 saturated heterocycles. The van der Waals surface area contributed by atoms with Crippen LogP contribution in [0, 0.1) is 5.41 Å². The normalized spacial score (nSPS) is 11.8. The van der Waals surface area contributed by atoms with Gasteiger partial charge in [-0.05, 0) is 5.92 Å². The molecule has 0 radical (unpaired) electrons. The topological polar surface area (TPSA) is 80.9 Å². The lowest BCUT2D eigenvalue weighted by atomic mass is 9.96. The van der Waals surface area contributed by atoms with Crippen LogP contribution in [0.1, 0.15) is 46.2 Å². The van der Waals surface area contributed by atoms with Crippen LogP contribution in [0.4, 0.5) is 5.13 Å². The lowest BCUT2D eigenvalue weighted by molar-refractivity contribution is -0.123. The highest BCUT2D eigenvalue weighted by atomic mass is 32.1. The van der Waals surface area contributed by atoms with E-state index in [4.69, 9.17) is 4.52 Å². The molecule has 1 N–H and O–H groups in total. The molecule has 2 aromatic heterocycles. The van der Waals surface area contributed by atoms with Crippen LogP contribution < -0.4 is 5.32 Å². The summed E-state index contributed by atoms with van der Waals surface area (Å²) in [6, 6.07) is 9.66. The molecule has 136 valence electrons. The second-order valence-corrected chi connectivity index (χ2v) is 8.38. The highest BCUT2D eigenvalue weighted by Crippen LogP contribution is 2.37. The van der Waals surface area contributed by atoms with Crippen LogP contribution in [-0.2, 0) is 4.79 Å². The summed E-state index contributed by atoms with van der Waals surface area (Å²) in [7, 11) is 0. The Morgan fingerprint density at radius 2 is 1.85 bits per heavy atom. The Hall–Kier alpha value is -2.54. The molecular weight excluding hydrogens is 348 g/mol. The first kappa shape index (κ1) is 18.3. The number of nitrogens with zero attached hydrogens (tertiary/aromatic N) is 3. The zero-order valence-electron chi connectivity index (χ0n) is 15.5. The summed E-state index contributed by atoms with van der Waals surface area (Å²) >= 11 is 1.35. The summed E-state index contributed by atoms with van der Waals surface area (Å²) in [5, 5.41) is 7.51. The van der Waals surface area contributed by atoms with Gasteiger partial charge in [0, 0.05) is 11.0 Å². The lowest BCUT2D eigenvalue weighted by Crippen LogP contribution is -2.27.